The molecule has 3 nitrogen and oxygen atoms in total. The number of hydrogen-bond donors (Lipinski definition) is 1. The molecular formula is C12H15N3S. The van der Waals surface area contributed by atoms with Crippen LogP contribution in [0.15, 0.2) is 23.7 Å². The van der Waals surface area contributed by atoms with E-state index in [0.29, 0.717) is 6.04 Å². The van der Waals surface area contributed by atoms with Crippen molar-refractivity contribution in [2.24, 2.45) is 5.73 Å². The standard InChI is InChI=1S/C12H15N3S/c13-9-2-1-6-15(8-9)12-10-4-7-16-11(10)3-5-14-12/h3-5,7,9H,1-2,6,8,13H2/t9-/m1/s1. The SMILES string of the molecule is N[C@@H]1CCCN(c2nccc3sccc23)C1. The Hall–Kier alpha value is -1.13. The van der Waals surface area contributed by atoms with E-state index in [-0.39, 0.29) is 0 Å². The van der Waals surface area contributed by atoms with Crippen molar-refractivity contribution in [2.45, 2.75) is 18.9 Å². The lowest BCUT2D eigenvalue weighted by Gasteiger charge is -2.32. The fourth-order valence-electron chi connectivity index (χ4n) is 2.33. The Kier molecular flexibility index (Phi) is 2.53. The highest BCUT2D eigenvalue weighted by atomic mass is 32.1. The van der Waals surface area contributed by atoms with E-state index in [2.05, 4.69) is 27.4 Å². The van der Waals surface area contributed by atoms with Crippen molar-refractivity contribution in [3.05, 3.63) is 23.7 Å². The summed E-state index contributed by atoms with van der Waals surface area (Å²) < 4.78 is 1.31. The zero-order chi connectivity index (χ0) is 11.0. The maximum Gasteiger partial charge on any atom is 0.137 e. The molecule has 1 aliphatic heterocycles. The van der Waals surface area contributed by atoms with Crippen molar-refractivity contribution < 1.29 is 0 Å². The highest BCUT2D eigenvalue weighted by Gasteiger charge is 2.19. The van der Waals surface area contributed by atoms with Crippen molar-refractivity contribution in [1.29, 1.82) is 0 Å². The predicted molar refractivity (Wildman–Crippen MR) is 69.0 cm³/mol. The predicted octanol–water partition coefficient (Wildman–Crippen LogP) is 2.22. The van der Waals surface area contributed by atoms with Crippen LogP contribution in [0.2, 0.25) is 0 Å². The molecule has 2 N–H and O–H groups in total. The van der Waals surface area contributed by atoms with Gasteiger partial charge in [-0.15, -0.1) is 11.3 Å². The highest BCUT2D eigenvalue weighted by Crippen LogP contribution is 2.29. The summed E-state index contributed by atoms with van der Waals surface area (Å²) >= 11 is 1.77. The lowest BCUT2D eigenvalue weighted by molar-refractivity contribution is 0.504. The summed E-state index contributed by atoms with van der Waals surface area (Å²) in [6.45, 7) is 2.01. The van der Waals surface area contributed by atoms with Gasteiger partial charge in [-0.1, -0.05) is 0 Å². The van der Waals surface area contributed by atoms with E-state index in [1.165, 1.54) is 16.5 Å². The molecule has 2 aromatic heterocycles. The number of nitrogens with two attached hydrogens (primary N) is 1. The first-order valence-corrected chi connectivity index (χ1v) is 6.55. The first kappa shape index (κ1) is 10.1. The maximum absolute atomic E-state index is 6.02. The van der Waals surface area contributed by atoms with E-state index < -0.39 is 0 Å². The molecule has 3 rings (SSSR count). The highest BCUT2D eigenvalue weighted by molar-refractivity contribution is 7.17. The lowest BCUT2D eigenvalue weighted by Crippen LogP contribution is -2.43. The van der Waals surface area contributed by atoms with Gasteiger partial charge in [0.05, 0.1) is 0 Å². The normalized spacial score (nSPS) is 21.6. The minimum absolute atomic E-state index is 0.296. The van der Waals surface area contributed by atoms with Crippen molar-refractivity contribution in [3.63, 3.8) is 0 Å². The molecule has 4 heteroatoms. The topological polar surface area (TPSA) is 42.1 Å². The Morgan fingerprint density at radius 1 is 1.44 bits per heavy atom. The molecule has 1 fully saturated rings. The van der Waals surface area contributed by atoms with Crippen LogP contribution >= 0.6 is 11.3 Å². The molecule has 2 aromatic rings. The Morgan fingerprint density at radius 3 is 3.25 bits per heavy atom. The minimum atomic E-state index is 0.296. The van der Waals surface area contributed by atoms with Gasteiger partial charge in [0, 0.05) is 35.4 Å². The number of pyridine rings is 1. The summed E-state index contributed by atoms with van der Waals surface area (Å²) in [5.41, 5.74) is 6.02. The zero-order valence-corrected chi connectivity index (χ0v) is 9.91. The molecule has 0 aromatic carbocycles. The third-order valence-corrected chi connectivity index (χ3v) is 4.00. The summed E-state index contributed by atoms with van der Waals surface area (Å²) in [5, 5.41) is 3.39. The van der Waals surface area contributed by atoms with Gasteiger partial charge < -0.3 is 10.6 Å². The minimum Gasteiger partial charge on any atom is -0.355 e. The third-order valence-electron chi connectivity index (χ3n) is 3.12. The fraction of sp³-hybridized carbons (Fsp3) is 0.417. The second-order valence-corrected chi connectivity index (χ2v) is 5.26. The van der Waals surface area contributed by atoms with Crippen LogP contribution in [0.5, 0.6) is 0 Å². The molecule has 84 valence electrons. The van der Waals surface area contributed by atoms with Gasteiger partial charge in [-0.05, 0) is 30.4 Å². The van der Waals surface area contributed by atoms with Crippen molar-refractivity contribution in [1.82, 2.24) is 4.98 Å². The van der Waals surface area contributed by atoms with Gasteiger partial charge in [-0.3, -0.25) is 0 Å². The molecule has 0 bridgehead atoms. The molecule has 3 heterocycles. The number of piperidine rings is 1. The molecule has 16 heavy (non-hydrogen) atoms. The van der Waals surface area contributed by atoms with Crippen molar-refractivity contribution >= 4 is 27.2 Å². The lowest BCUT2D eigenvalue weighted by atomic mass is 10.1. The van der Waals surface area contributed by atoms with Gasteiger partial charge in [-0.25, -0.2) is 4.98 Å². The van der Waals surface area contributed by atoms with Gasteiger partial charge in [0.25, 0.3) is 0 Å². The third kappa shape index (κ3) is 1.68. The van der Waals surface area contributed by atoms with Crippen LogP contribution in [0.1, 0.15) is 12.8 Å². The van der Waals surface area contributed by atoms with Gasteiger partial charge in [0.1, 0.15) is 5.82 Å². The van der Waals surface area contributed by atoms with Crippen molar-refractivity contribution in [2.75, 3.05) is 18.0 Å². The number of anilines is 1. The maximum atomic E-state index is 6.02. The first-order valence-electron chi connectivity index (χ1n) is 5.67. The quantitative estimate of drug-likeness (QED) is 0.821. The van der Waals surface area contributed by atoms with Gasteiger partial charge in [0.2, 0.25) is 0 Å². The molecule has 0 spiro atoms. The van der Waals surface area contributed by atoms with Crippen LogP contribution in [-0.4, -0.2) is 24.1 Å². The van der Waals surface area contributed by atoms with Gasteiger partial charge in [-0.2, -0.15) is 0 Å². The van der Waals surface area contributed by atoms with Gasteiger partial charge >= 0.3 is 0 Å². The van der Waals surface area contributed by atoms with Crippen molar-refractivity contribution in [3.8, 4) is 0 Å². The van der Waals surface area contributed by atoms with Crippen LogP contribution in [0.4, 0.5) is 5.82 Å². The Balaban J connectivity index is 2.01. The Labute approximate surface area is 98.9 Å². The molecule has 1 atom stereocenters. The number of fused-ring (bicyclic) bond motifs is 1. The molecule has 1 saturated heterocycles. The van der Waals surface area contributed by atoms with Crippen LogP contribution in [0.25, 0.3) is 10.1 Å². The molecular weight excluding hydrogens is 218 g/mol. The smallest absolute Gasteiger partial charge is 0.137 e. The zero-order valence-electron chi connectivity index (χ0n) is 9.10. The molecule has 0 saturated carbocycles. The second kappa shape index (κ2) is 4.03. The van der Waals surface area contributed by atoms with E-state index >= 15 is 0 Å². The van der Waals surface area contributed by atoms with E-state index in [4.69, 9.17) is 5.73 Å². The second-order valence-electron chi connectivity index (χ2n) is 4.32. The molecule has 0 radical (unpaired) electrons. The summed E-state index contributed by atoms with van der Waals surface area (Å²) in [6.07, 6.45) is 4.20. The molecule has 0 amide bonds. The van der Waals surface area contributed by atoms with E-state index in [9.17, 15) is 0 Å². The van der Waals surface area contributed by atoms with Gasteiger partial charge in [0.15, 0.2) is 0 Å². The van der Waals surface area contributed by atoms with Crippen LogP contribution in [0, 0.1) is 0 Å². The average Bonchev–Trinajstić information content (AvgIpc) is 2.76. The van der Waals surface area contributed by atoms with E-state index in [0.717, 1.165) is 25.3 Å². The molecule has 0 aliphatic carbocycles. The Morgan fingerprint density at radius 2 is 2.38 bits per heavy atom. The summed E-state index contributed by atoms with van der Waals surface area (Å²) in [4.78, 5) is 6.84. The molecule has 0 unspecified atom stereocenters. The van der Waals surface area contributed by atoms with E-state index in [1.807, 2.05) is 6.20 Å². The Bertz CT molecular complexity index is 494. The number of thiophene rings is 1. The largest absolute Gasteiger partial charge is 0.355 e. The number of aromatic nitrogens is 1. The number of nitrogens with zero attached hydrogens (tertiary/aromatic N) is 2. The number of hydrogen-bond acceptors (Lipinski definition) is 4. The summed E-state index contributed by atoms with van der Waals surface area (Å²) in [6, 6.07) is 4.53. The summed E-state index contributed by atoms with van der Waals surface area (Å²) in [7, 11) is 0. The number of rotatable bonds is 1. The monoisotopic (exact) mass is 233 g/mol. The first-order chi connectivity index (χ1) is 7.84. The van der Waals surface area contributed by atoms with Crippen LogP contribution < -0.4 is 10.6 Å². The average molecular weight is 233 g/mol. The molecule has 1 aliphatic rings. The van der Waals surface area contributed by atoms with E-state index in [1.54, 1.807) is 11.3 Å². The fourth-order valence-corrected chi connectivity index (χ4v) is 3.11. The van der Waals surface area contributed by atoms with Crippen LogP contribution in [0.3, 0.4) is 0 Å². The summed E-state index contributed by atoms with van der Waals surface area (Å²) in [5.74, 6) is 1.11. The van der Waals surface area contributed by atoms with Crippen LogP contribution in [-0.2, 0) is 0 Å².